The predicted octanol–water partition coefficient (Wildman–Crippen LogP) is 2.78. The van der Waals surface area contributed by atoms with Gasteiger partial charge in [-0.25, -0.2) is 9.89 Å². The number of carbonyl (C=O) groups excluding carboxylic acids is 3. The van der Waals surface area contributed by atoms with Gasteiger partial charge >= 0.3 is 0 Å². The van der Waals surface area contributed by atoms with Crippen molar-refractivity contribution in [2.24, 2.45) is 9.98 Å². The van der Waals surface area contributed by atoms with Crippen LogP contribution in [0.2, 0.25) is 0 Å². The zero-order valence-corrected chi connectivity index (χ0v) is 22.5. The summed E-state index contributed by atoms with van der Waals surface area (Å²) in [6, 6.07) is 14.2. The number of ether oxygens (including phenoxy) is 2. The Bertz CT molecular complexity index is 1290. The van der Waals surface area contributed by atoms with E-state index < -0.39 is 6.04 Å². The van der Waals surface area contributed by atoms with Gasteiger partial charge in [0.25, 0.3) is 5.91 Å². The Balaban J connectivity index is 1.19. The number of thioether (sulfide) groups is 1. The van der Waals surface area contributed by atoms with E-state index in [0.29, 0.717) is 29.8 Å². The SMILES string of the molecule is COc1ccc(CNC(=O)CC[C@@H]2N=C3c4ccccc4N=C(SCC(=O)NC[C@@H]4CCCO4)N3C2=O)cc1. The first-order valence-electron chi connectivity index (χ1n) is 13.0. The van der Waals surface area contributed by atoms with Crippen molar-refractivity contribution in [3.8, 4) is 5.75 Å². The number of nitrogens with one attached hydrogen (secondary N) is 2. The maximum atomic E-state index is 13.4. The monoisotopic (exact) mass is 549 g/mol. The Hall–Kier alpha value is -3.70. The fraction of sp³-hybridized carbons (Fsp3) is 0.393. The van der Waals surface area contributed by atoms with Gasteiger partial charge in [0.05, 0.1) is 24.7 Å². The summed E-state index contributed by atoms with van der Waals surface area (Å²) < 4.78 is 10.7. The molecule has 11 heteroatoms. The lowest BCUT2D eigenvalue weighted by Crippen LogP contribution is -2.42. The van der Waals surface area contributed by atoms with Crippen LogP contribution >= 0.6 is 11.8 Å². The molecule has 0 bridgehead atoms. The minimum Gasteiger partial charge on any atom is -0.497 e. The van der Waals surface area contributed by atoms with E-state index >= 15 is 0 Å². The molecule has 3 aliphatic rings. The summed E-state index contributed by atoms with van der Waals surface area (Å²) in [5.74, 6) is 0.832. The summed E-state index contributed by atoms with van der Waals surface area (Å²) in [6.45, 7) is 1.60. The highest BCUT2D eigenvalue weighted by molar-refractivity contribution is 8.14. The molecular formula is C28H31N5O5S. The highest BCUT2D eigenvalue weighted by Gasteiger charge is 2.41. The highest BCUT2D eigenvalue weighted by Crippen LogP contribution is 2.34. The molecule has 0 aromatic heterocycles. The van der Waals surface area contributed by atoms with Gasteiger partial charge in [0.15, 0.2) is 5.17 Å². The number of carbonyl (C=O) groups is 3. The first-order chi connectivity index (χ1) is 19.0. The van der Waals surface area contributed by atoms with E-state index in [0.717, 1.165) is 36.3 Å². The lowest BCUT2D eigenvalue weighted by molar-refractivity contribution is -0.125. The van der Waals surface area contributed by atoms with Crippen LogP contribution in [0.4, 0.5) is 5.69 Å². The summed E-state index contributed by atoms with van der Waals surface area (Å²) in [5.41, 5.74) is 2.40. The largest absolute Gasteiger partial charge is 0.497 e. The maximum absolute atomic E-state index is 13.4. The standard InChI is InChI=1S/C28H31N5O5S/c1-37-19-10-8-18(9-11-19)15-29-24(34)13-12-23-27(36)33-26(31-23)21-6-2-3-7-22(21)32-28(33)39-17-25(35)30-16-20-5-4-14-38-20/h2-3,6-11,20,23H,4-5,12-17H2,1H3,(H,29,34)(H,30,35)/t20-,23-/m0/s1. The predicted molar refractivity (Wildman–Crippen MR) is 149 cm³/mol. The molecule has 1 saturated heterocycles. The van der Waals surface area contributed by atoms with Crippen LogP contribution in [-0.2, 0) is 25.7 Å². The summed E-state index contributed by atoms with van der Waals surface area (Å²) in [6.07, 6.45) is 2.45. The molecule has 0 aliphatic carbocycles. The molecule has 204 valence electrons. The second kappa shape index (κ2) is 12.4. The normalized spacial score (nSPS) is 19.6. The van der Waals surface area contributed by atoms with Crippen LogP contribution in [0.25, 0.3) is 0 Å². The number of hydrogen-bond donors (Lipinski definition) is 2. The fourth-order valence-corrected chi connectivity index (χ4v) is 5.43. The van der Waals surface area contributed by atoms with Gasteiger partial charge in [0.2, 0.25) is 11.8 Å². The van der Waals surface area contributed by atoms with Gasteiger partial charge in [-0.3, -0.25) is 19.4 Å². The van der Waals surface area contributed by atoms with E-state index in [2.05, 4.69) is 15.6 Å². The van der Waals surface area contributed by atoms with Gasteiger partial charge < -0.3 is 20.1 Å². The first-order valence-corrected chi connectivity index (χ1v) is 14.0. The molecule has 3 aliphatic heterocycles. The fourth-order valence-electron chi connectivity index (χ4n) is 4.60. The van der Waals surface area contributed by atoms with Crippen LogP contribution in [0.1, 0.15) is 36.8 Å². The van der Waals surface area contributed by atoms with Crippen LogP contribution in [0.5, 0.6) is 5.75 Å². The van der Waals surface area contributed by atoms with Crippen molar-refractivity contribution >= 4 is 46.2 Å². The quantitative estimate of drug-likeness (QED) is 0.470. The molecular weight excluding hydrogens is 518 g/mol. The average molecular weight is 550 g/mol. The number of nitrogens with zero attached hydrogens (tertiary/aromatic N) is 3. The molecule has 10 nitrogen and oxygen atoms in total. The van der Waals surface area contributed by atoms with Crippen LogP contribution in [-0.4, -0.2) is 71.8 Å². The minimum absolute atomic E-state index is 0.0610. The maximum Gasteiger partial charge on any atom is 0.259 e. The molecule has 3 heterocycles. The van der Waals surface area contributed by atoms with Crippen molar-refractivity contribution in [2.45, 2.75) is 44.4 Å². The lowest BCUT2D eigenvalue weighted by Gasteiger charge is -2.25. The van der Waals surface area contributed by atoms with Crippen molar-refractivity contribution in [1.82, 2.24) is 15.5 Å². The van der Waals surface area contributed by atoms with E-state index in [1.54, 1.807) is 7.11 Å². The van der Waals surface area contributed by atoms with E-state index in [9.17, 15) is 14.4 Å². The summed E-state index contributed by atoms with van der Waals surface area (Å²) in [7, 11) is 1.60. The molecule has 2 N–H and O–H groups in total. The summed E-state index contributed by atoms with van der Waals surface area (Å²) in [5, 5.41) is 6.21. The topological polar surface area (TPSA) is 122 Å². The number of benzene rings is 2. The number of fused-ring (bicyclic) bond motifs is 3. The Morgan fingerprint density at radius 3 is 2.72 bits per heavy atom. The smallest absolute Gasteiger partial charge is 0.259 e. The Morgan fingerprint density at radius 1 is 1.13 bits per heavy atom. The van der Waals surface area contributed by atoms with E-state index in [1.807, 2.05) is 48.5 Å². The molecule has 39 heavy (non-hydrogen) atoms. The van der Waals surface area contributed by atoms with Crippen molar-refractivity contribution in [2.75, 3.05) is 26.0 Å². The molecule has 5 rings (SSSR count). The Morgan fingerprint density at radius 2 is 1.95 bits per heavy atom. The third-order valence-electron chi connectivity index (χ3n) is 6.72. The Labute approximate surface area is 231 Å². The number of methoxy groups -OCH3 is 1. The Kier molecular flexibility index (Phi) is 8.58. The molecule has 0 unspecified atom stereocenters. The van der Waals surface area contributed by atoms with Crippen LogP contribution in [0.15, 0.2) is 58.5 Å². The molecule has 2 atom stereocenters. The molecule has 1 fully saturated rings. The average Bonchev–Trinajstić information content (AvgIpc) is 3.61. The molecule has 0 radical (unpaired) electrons. The van der Waals surface area contributed by atoms with Crippen molar-refractivity contribution in [3.05, 3.63) is 59.7 Å². The summed E-state index contributed by atoms with van der Waals surface area (Å²) in [4.78, 5) is 49.3. The molecule has 0 spiro atoms. The van der Waals surface area contributed by atoms with Crippen LogP contribution in [0, 0.1) is 0 Å². The van der Waals surface area contributed by atoms with E-state index in [4.69, 9.17) is 14.5 Å². The molecule has 2 aromatic carbocycles. The number of rotatable bonds is 10. The second-order valence-corrected chi connectivity index (χ2v) is 10.4. The minimum atomic E-state index is -0.697. The molecule has 0 saturated carbocycles. The van der Waals surface area contributed by atoms with Crippen LogP contribution < -0.4 is 15.4 Å². The van der Waals surface area contributed by atoms with Gasteiger partial charge in [-0.1, -0.05) is 36.0 Å². The zero-order valence-electron chi connectivity index (χ0n) is 21.7. The number of amides is 3. The van der Waals surface area contributed by atoms with Crippen molar-refractivity contribution < 1.29 is 23.9 Å². The second-order valence-electron chi connectivity index (χ2n) is 9.44. The van der Waals surface area contributed by atoms with Crippen LogP contribution in [0.3, 0.4) is 0 Å². The van der Waals surface area contributed by atoms with Gasteiger partial charge in [0, 0.05) is 31.7 Å². The first kappa shape index (κ1) is 26.9. The lowest BCUT2D eigenvalue weighted by atomic mass is 10.1. The molecule has 3 amide bonds. The third-order valence-corrected chi connectivity index (χ3v) is 7.66. The van der Waals surface area contributed by atoms with E-state index in [1.165, 1.54) is 16.7 Å². The number of hydrogen-bond acceptors (Lipinski definition) is 8. The summed E-state index contributed by atoms with van der Waals surface area (Å²) >= 11 is 1.20. The van der Waals surface area contributed by atoms with Crippen molar-refractivity contribution in [1.29, 1.82) is 0 Å². The van der Waals surface area contributed by atoms with Gasteiger partial charge in [-0.15, -0.1) is 0 Å². The van der Waals surface area contributed by atoms with Gasteiger partial charge in [-0.05, 0) is 49.1 Å². The number of para-hydroxylation sites is 1. The van der Waals surface area contributed by atoms with Gasteiger partial charge in [0.1, 0.15) is 17.6 Å². The third kappa shape index (κ3) is 6.48. The van der Waals surface area contributed by atoms with E-state index in [-0.39, 0.29) is 42.4 Å². The highest BCUT2D eigenvalue weighted by atomic mass is 32.2. The van der Waals surface area contributed by atoms with Gasteiger partial charge in [-0.2, -0.15) is 0 Å². The number of amidine groups is 2. The molecule has 2 aromatic rings. The zero-order chi connectivity index (χ0) is 27.2. The van der Waals surface area contributed by atoms with Crippen molar-refractivity contribution in [3.63, 3.8) is 0 Å². The number of aliphatic imine (C=N–C) groups is 2.